The van der Waals surface area contributed by atoms with E-state index in [-0.39, 0.29) is 0 Å². The third kappa shape index (κ3) is 4.31. The lowest BCUT2D eigenvalue weighted by Gasteiger charge is -2.15. The predicted molar refractivity (Wildman–Crippen MR) is 101 cm³/mol. The Morgan fingerprint density at radius 1 is 1.20 bits per heavy atom. The summed E-state index contributed by atoms with van der Waals surface area (Å²) < 4.78 is 21.4. The minimum Gasteiger partial charge on any atom is -0.493 e. The van der Waals surface area contributed by atoms with Gasteiger partial charge in [0.25, 0.3) is 0 Å². The van der Waals surface area contributed by atoms with Crippen LogP contribution in [0, 0.1) is 6.92 Å². The molecule has 0 saturated carbocycles. The highest BCUT2D eigenvalue weighted by atomic mass is 32.2. The second-order valence-corrected chi connectivity index (χ2v) is 7.25. The number of methoxy groups -OCH3 is 1. The van der Waals surface area contributed by atoms with Gasteiger partial charge < -0.3 is 19.0 Å². The van der Waals surface area contributed by atoms with Crippen LogP contribution in [0.3, 0.4) is 0 Å². The smallest absolute Gasteiger partial charge is 0.169 e. The monoisotopic (exact) mass is 361 g/mol. The second-order valence-electron chi connectivity index (χ2n) is 5.71. The van der Waals surface area contributed by atoms with E-state index in [1.54, 1.807) is 13.3 Å². The van der Waals surface area contributed by atoms with Gasteiger partial charge in [0.15, 0.2) is 5.16 Å². The lowest BCUT2D eigenvalue weighted by Crippen LogP contribution is -2.05. The van der Waals surface area contributed by atoms with Gasteiger partial charge in [0.2, 0.25) is 0 Å². The van der Waals surface area contributed by atoms with Gasteiger partial charge in [0.1, 0.15) is 5.75 Å². The van der Waals surface area contributed by atoms with Crippen LogP contribution in [0.1, 0.15) is 17.7 Å². The molecule has 1 atom stereocenters. The van der Waals surface area contributed by atoms with Crippen molar-refractivity contribution >= 4 is 22.2 Å². The van der Waals surface area contributed by atoms with Crippen LogP contribution in [0.15, 0.2) is 41.7 Å². The summed E-state index contributed by atoms with van der Waals surface area (Å²) in [5, 5.41) is 0.615. The van der Waals surface area contributed by atoms with Crippen LogP contribution in [0.2, 0.25) is 0 Å². The minimum absolute atomic E-state index is 0.441. The van der Waals surface area contributed by atoms with Crippen molar-refractivity contribution in [2.45, 2.75) is 24.3 Å². The average molecular weight is 361 g/mol. The number of pyridine rings is 1. The van der Waals surface area contributed by atoms with E-state index in [9.17, 15) is 4.55 Å². The normalized spacial score (nSPS) is 13.2. The number of H-pyrrole nitrogens is 1. The lowest BCUT2D eigenvalue weighted by molar-refractivity contribution is 0.172. The lowest BCUT2D eigenvalue weighted by atomic mass is 10.2. The molecule has 2 heterocycles. The summed E-state index contributed by atoms with van der Waals surface area (Å²) in [6, 6.07) is 9.61. The molecule has 3 aromatic rings. The molecule has 0 aliphatic rings. The molecule has 0 radical (unpaired) electrons. The zero-order valence-corrected chi connectivity index (χ0v) is 15.3. The first-order valence-corrected chi connectivity index (χ1v) is 9.64. The number of aromatic amines is 1. The number of imidazole rings is 1. The van der Waals surface area contributed by atoms with Gasteiger partial charge in [0, 0.05) is 37.7 Å². The zero-order valence-electron chi connectivity index (χ0n) is 14.4. The van der Waals surface area contributed by atoms with Crippen LogP contribution in [0.25, 0.3) is 11.0 Å². The summed E-state index contributed by atoms with van der Waals surface area (Å²) in [5.41, 5.74) is 3.58. The number of rotatable bonds is 8. The molecule has 25 heavy (non-hydrogen) atoms. The van der Waals surface area contributed by atoms with Gasteiger partial charge in [-0.05, 0) is 25.1 Å². The number of thiol groups is 1. The number of para-hydroxylation sites is 2. The van der Waals surface area contributed by atoms with Gasteiger partial charge in [0.05, 0.1) is 23.3 Å². The van der Waals surface area contributed by atoms with Gasteiger partial charge >= 0.3 is 0 Å². The third-order valence-electron chi connectivity index (χ3n) is 3.93. The van der Waals surface area contributed by atoms with E-state index in [0.29, 0.717) is 24.1 Å². The van der Waals surface area contributed by atoms with E-state index >= 15 is 0 Å². The van der Waals surface area contributed by atoms with Crippen molar-refractivity contribution in [1.82, 2.24) is 15.0 Å². The molecule has 1 unspecified atom stereocenters. The van der Waals surface area contributed by atoms with Gasteiger partial charge in [-0.2, -0.15) is 0 Å². The van der Waals surface area contributed by atoms with Gasteiger partial charge in [-0.25, -0.2) is 4.98 Å². The summed E-state index contributed by atoms with van der Waals surface area (Å²) in [5.74, 6) is 1.24. The molecule has 0 fully saturated rings. The van der Waals surface area contributed by atoms with Crippen LogP contribution in [-0.2, 0) is 10.5 Å². The first kappa shape index (κ1) is 17.7. The van der Waals surface area contributed by atoms with E-state index < -0.39 is 11.2 Å². The quantitative estimate of drug-likeness (QED) is 0.421. The van der Waals surface area contributed by atoms with Gasteiger partial charge in [-0.15, -0.1) is 0 Å². The Hall–Kier alpha value is -2.09. The first-order chi connectivity index (χ1) is 12.2. The summed E-state index contributed by atoms with van der Waals surface area (Å²) in [7, 11) is 1.68. The van der Waals surface area contributed by atoms with Crippen LogP contribution in [0.4, 0.5) is 0 Å². The van der Waals surface area contributed by atoms with E-state index in [1.165, 1.54) is 0 Å². The molecule has 0 aliphatic heterocycles. The standard InChI is InChI=1S/C18H23N3O3S/c1-13-16(19-9-8-17(13)24-11-5-10-23-2)12-25(22)18-20-14-6-3-4-7-15(14)21-18/h3-4,6-9,22,25H,5,10-12H2,1-2H3,(H,20,21). The van der Waals surface area contributed by atoms with E-state index in [0.717, 1.165) is 34.5 Å². The number of nitrogens with zero attached hydrogens (tertiary/aromatic N) is 2. The Kier molecular flexibility index (Phi) is 5.91. The fourth-order valence-corrected chi connectivity index (χ4v) is 3.76. The van der Waals surface area contributed by atoms with Crippen molar-refractivity contribution in [2.75, 3.05) is 20.3 Å². The summed E-state index contributed by atoms with van der Waals surface area (Å²) in [6.45, 7) is 3.23. The minimum atomic E-state index is -1.45. The summed E-state index contributed by atoms with van der Waals surface area (Å²) in [4.78, 5) is 12.1. The van der Waals surface area contributed by atoms with Crippen LogP contribution >= 0.6 is 11.2 Å². The highest BCUT2D eigenvalue weighted by Crippen LogP contribution is 2.36. The van der Waals surface area contributed by atoms with E-state index in [1.807, 2.05) is 37.3 Å². The van der Waals surface area contributed by atoms with Crippen molar-refractivity contribution in [3.63, 3.8) is 0 Å². The number of fused-ring (bicyclic) bond motifs is 1. The third-order valence-corrected chi connectivity index (χ3v) is 5.23. The maximum absolute atomic E-state index is 10.6. The second kappa shape index (κ2) is 8.33. The number of hydrogen-bond acceptors (Lipinski definition) is 5. The highest BCUT2D eigenvalue weighted by Gasteiger charge is 2.14. The predicted octanol–water partition coefficient (Wildman–Crippen LogP) is 3.71. The van der Waals surface area contributed by atoms with Gasteiger partial charge in [-0.1, -0.05) is 23.3 Å². The average Bonchev–Trinajstić information content (AvgIpc) is 3.06. The molecular weight excluding hydrogens is 338 g/mol. The van der Waals surface area contributed by atoms with E-state index in [4.69, 9.17) is 9.47 Å². The van der Waals surface area contributed by atoms with Crippen LogP contribution in [0.5, 0.6) is 5.75 Å². The Bertz CT molecular complexity index is 804. The molecular formula is C18H23N3O3S. The maximum Gasteiger partial charge on any atom is 0.169 e. The highest BCUT2D eigenvalue weighted by molar-refractivity contribution is 8.11. The first-order valence-electron chi connectivity index (χ1n) is 8.16. The molecule has 6 nitrogen and oxygen atoms in total. The van der Waals surface area contributed by atoms with Gasteiger partial charge in [-0.3, -0.25) is 4.98 Å². The number of ether oxygens (including phenoxy) is 2. The van der Waals surface area contributed by atoms with Crippen LogP contribution < -0.4 is 4.74 Å². The summed E-state index contributed by atoms with van der Waals surface area (Å²) >= 11 is -1.45. The molecule has 0 spiro atoms. The van der Waals surface area contributed by atoms with Crippen molar-refractivity contribution in [3.8, 4) is 5.75 Å². The molecule has 3 rings (SSSR count). The molecule has 134 valence electrons. The molecule has 0 amide bonds. The molecule has 0 aliphatic carbocycles. The maximum atomic E-state index is 10.6. The fraction of sp³-hybridized carbons (Fsp3) is 0.333. The number of aromatic nitrogens is 3. The largest absolute Gasteiger partial charge is 0.493 e. The molecule has 7 heteroatoms. The summed E-state index contributed by atoms with van der Waals surface area (Å²) in [6.07, 6.45) is 2.55. The number of hydrogen-bond donors (Lipinski definition) is 3. The Labute approximate surface area is 149 Å². The van der Waals surface area contributed by atoms with Crippen molar-refractivity contribution < 1.29 is 14.0 Å². The molecule has 1 aromatic carbocycles. The molecule has 0 saturated heterocycles. The fourth-order valence-electron chi connectivity index (χ4n) is 2.54. The zero-order chi connectivity index (χ0) is 17.6. The van der Waals surface area contributed by atoms with E-state index in [2.05, 4.69) is 15.0 Å². The topological polar surface area (TPSA) is 80.3 Å². The van der Waals surface area contributed by atoms with Crippen molar-refractivity contribution in [3.05, 3.63) is 47.8 Å². The molecule has 2 aromatic heterocycles. The van der Waals surface area contributed by atoms with Crippen LogP contribution in [-0.4, -0.2) is 39.8 Å². The Morgan fingerprint density at radius 3 is 2.84 bits per heavy atom. The number of benzene rings is 1. The SMILES string of the molecule is COCCCOc1ccnc(C[SH](O)c2nc3ccccc3[nH]2)c1C. The number of nitrogens with one attached hydrogen (secondary N) is 1. The Morgan fingerprint density at radius 2 is 2.04 bits per heavy atom. The molecule has 0 bridgehead atoms. The van der Waals surface area contributed by atoms with Crippen molar-refractivity contribution in [2.24, 2.45) is 0 Å². The van der Waals surface area contributed by atoms with Crippen molar-refractivity contribution in [1.29, 1.82) is 0 Å². The molecule has 2 N–H and O–H groups in total. The Balaban J connectivity index is 1.71.